The highest BCUT2D eigenvalue weighted by Crippen LogP contribution is 2.44. The highest BCUT2D eigenvalue weighted by atomic mass is 32.2. The van der Waals surface area contributed by atoms with Gasteiger partial charge in [0.15, 0.2) is 0 Å². The first kappa shape index (κ1) is 17.7. The zero-order valence-corrected chi connectivity index (χ0v) is 15.0. The second kappa shape index (κ2) is 6.29. The zero-order valence-electron chi connectivity index (χ0n) is 14.2. The third-order valence-electron chi connectivity index (χ3n) is 5.55. The van der Waals surface area contributed by atoms with Gasteiger partial charge in [-0.25, -0.2) is 8.42 Å². The average molecular weight is 358 g/mol. The molecule has 0 radical (unpaired) electrons. The minimum absolute atomic E-state index is 0.00875. The largest absolute Gasteiger partial charge is 0.481 e. The number of carboxylic acids is 1. The van der Waals surface area contributed by atoms with E-state index in [1.54, 1.807) is 4.90 Å². The second-order valence-electron chi connectivity index (χ2n) is 7.66. The Morgan fingerprint density at radius 3 is 2.29 bits per heavy atom. The van der Waals surface area contributed by atoms with Gasteiger partial charge < -0.3 is 10.0 Å². The molecule has 3 fully saturated rings. The van der Waals surface area contributed by atoms with Crippen molar-refractivity contribution >= 4 is 21.9 Å². The second-order valence-corrected chi connectivity index (χ2v) is 9.70. The first-order valence-corrected chi connectivity index (χ1v) is 10.3. The van der Waals surface area contributed by atoms with Crippen molar-refractivity contribution in [3.63, 3.8) is 0 Å². The van der Waals surface area contributed by atoms with Crippen LogP contribution >= 0.6 is 0 Å². The molecule has 8 heteroatoms. The Kier molecular flexibility index (Phi) is 4.63. The highest BCUT2D eigenvalue weighted by molar-refractivity contribution is 7.89. The van der Waals surface area contributed by atoms with Crippen LogP contribution in [0.15, 0.2) is 0 Å². The fraction of sp³-hybridized carbons (Fsp3) is 0.875. The van der Waals surface area contributed by atoms with Crippen molar-refractivity contribution in [2.24, 2.45) is 23.7 Å². The van der Waals surface area contributed by atoms with Gasteiger partial charge >= 0.3 is 5.97 Å². The number of hydrogen-bond donors (Lipinski definition) is 1. The summed E-state index contributed by atoms with van der Waals surface area (Å²) in [6, 6.07) is -0.718. The average Bonchev–Trinajstić information content (AvgIpc) is 3.13. The predicted octanol–water partition coefficient (Wildman–Crippen LogP) is 0.616. The summed E-state index contributed by atoms with van der Waals surface area (Å²) < 4.78 is 25.8. The van der Waals surface area contributed by atoms with Crippen LogP contribution in [-0.2, 0) is 19.6 Å². The molecule has 7 nitrogen and oxygen atoms in total. The van der Waals surface area contributed by atoms with Crippen LogP contribution in [0.4, 0.5) is 0 Å². The van der Waals surface area contributed by atoms with Crippen LogP contribution in [0.25, 0.3) is 0 Å². The van der Waals surface area contributed by atoms with Gasteiger partial charge in [-0.15, -0.1) is 0 Å². The molecule has 1 amide bonds. The number of carboxylic acid groups (broad SMARTS) is 1. The van der Waals surface area contributed by atoms with E-state index in [1.165, 1.54) is 4.31 Å². The molecule has 3 aliphatic rings. The maximum atomic E-state index is 13.0. The molecule has 1 N–H and O–H groups in total. The van der Waals surface area contributed by atoms with E-state index in [4.69, 9.17) is 0 Å². The van der Waals surface area contributed by atoms with Gasteiger partial charge in [0.05, 0.1) is 11.7 Å². The molecule has 0 aromatic carbocycles. The van der Waals surface area contributed by atoms with Crippen molar-refractivity contribution in [2.75, 3.05) is 25.4 Å². The summed E-state index contributed by atoms with van der Waals surface area (Å²) >= 11 is 0. The molecule has 3 atom stereocenters. The predicted molar refractivity (Wildman–Crippen MR) is 87.7 cm³/mol. The first-order chi connectivity index (χ1) is 11.2. The fourth-order valence-corrected chi connectivity index (χ4v) is 5.99. The van der Waals surface area contributed by atoms with E-state index in [0.717, 1.165) is 12.8 Å². The number of sulfonamides is 1. The molecule has 1 saturated carbocycles. The van der Waals surface area contributed by atoms with E-state index in [1.807, 2.05) is 13.8 Å². The van der Waals surface area contributed by atoms with Gasteiger partial charge in [-0.1, -0.05) is 13.8 Å². The van der Waals surface area contributed by atoms with Crippen molar-refractivity contribution in [3.05, 3.63) is 0 Å². The van der Waals surface area contributed by atoms with Crippen LogP contribution in [0.5, 0.6) is 0 Å². The van der Waals surface area contributed by atoms with Crippen LogP contribution < -0.4 is 0 Å². The van der Waals surface area contributed by atoms with Gasteiger partial charge in [0.2, 0.25) is 15.9 Å². The fourth-order valence-electron chi connectivity index (χ4n) is 4.17. The van der Waals surface area contributed by atoms with Crippen molar-refractivity contribution in [1.29, 1.82) is 0 Å². The van der Waals surface area contributed by atoms with E-state index < -0.39 is 28.0 Å². The van der Waals surface area contributed by atoms with Gasteiger partial charge in [0.1, 0.15) is 6.04 Å². The molecule has 0 bridgehead atoms. The van der Waals surface area contributed by atoms with Crippen molar-refractivity contribution < 1.29 is 23.1 Å². The number of carbonyl (C=O) groups is 2. The molecule has 3 rings (SSSR count). The normalized spacial score (nSPS) is 31.5. The number of likely N-dealkylation sites (tertiary alicyclic amines) is 1. The molecule has 24 heavy (non-hydrogen) atoms. The first-order valence-electron chi connectivity index (χ1n) is 8.73. The van der Waals surface area contributed by atoms with Crippen LogP contribution in [0.3, 0.4) is 0 Å². The quantitative estimate of drug-likeness (QED) is 0.777. The van der Waals surface area contributed by atoms with Crippen LogP contribution in [0.2, 0.25) is 0 Å². The molecular formula is C16H26N2O5S. The summed E-state index contributed by atoms with van der Waals surface area (Å²) in [4.78, 5) is 26.2. The molecule has 2 heterocycles. The Morgan fingerprint density at radius 2 is 1.83 bits per heavy atom. The minimum Gasteiger partial charge on any atom is -0.481 e. The molecule has 0 aromatic rings. The lowest BCUT2D eigenvalue weighted by Gasteiger charge is -2.32. The summed E-state index contributed by atoms with van der Waals surface area (Å²) in [6.07, 6.45) is 2.61. The lowest BCUT2D eigenvalue weighted by Crippen LogP contribution is -2.51. The SMILES string of the molecule is CC(C)C(C(=O)N1C[C@H](C(=O)O)[C@@H](C2CC2)C1)N1CCCS1(=O)=O. The number of rotatable bonds is 5. The van der Waals surface area contributed by atoms with E-state index >= 15 is 0 Å². The smallest absolute Gasteiger partial charge is 0.308 e. The van der Waals surface area contributed by atoms with Gasteiger partial charge in [0.25, 0.3) is 0 Å². The van der Waals surface area contributed by atoms with Crippen molar-refractivity contribution in [3.8, 4) is 0 Å². The van der Waals surface area contributed by atoms with E-state index in [2.05, 4.69) is 0 Å². The molecule has 1 unspecified atom stereocenters. The number of aliphatic carboxylic acids is 1. The molecule has 136 valence electrons. The Hall–Kier alpha value is -1.15. The topological polar surface area (TPSA) is 95.0 Å². The number of nitrogens with zero attached hydrogens (tertiary/aromatic N) is 2. The number of amides is 1. The zero-order chi connectivity index (χ0) is 17.6. The standard InChI is InChI=1S/C16H26N2O5S/c1-10(2)14(18-6-3-7-24(18,22)23)15(19)17-8-12(11-4-5-11)13(9-17)16(20)21/h10-14H,3-9H2,1-2H3,(H,20,21)/t12-,13+,14?/m1/s1. The lowest BCUT2D eigenvalue weighted by atomic mass is 9.92. The summed E-state index contributed by atoms with van der Waals surface area (Å²) in [5, 5.41) is 9.46. The Balaban J connectivity index is 1.79. The number of carbonyl (C=O) groups excluding carboxylic acids is 1. The van der Waals surface area contributed by atoms with Gasteiger partial charge in [0, 0.05) is 19.6 Å². The summed E-state index contributed by atoms with van der Waals surface area (Å²) in [5.74, 6) is -1.25. The molecule has 0 spiro atoms. The lowest BCUT2D eigenvalue weighted by molar-refractivity contribution is -0.143. The highest BCUT2D eigenvalue weighted by Gasteiger charge is 2.49. The van der Waals surface area contributed by atoms with Crippen molar-refractivity contribution in [1.82, 2.24) is 9.21 Å². The van der Waals surface area contributed by atoms with Crippen molar-refractivity contribution in [2.45, 2.75) is 39.2 Å². The third kappa shape index (κ3) is 3.18. The molecular weight excluding hydrogens is 332 g/mol. The van der Waals surface area contributed by atoms with E-state index in [9.17, 15) is 23.1 Å². The minimum atomic E-state index is -3.38. The maximum Gasteiger partial charge on any atom is 0.308 e. The van der Waals surface area contributed by atoms with Gasteiger partial charge in [-0.05, 0) is 37.0 Å². The van der Waals surface area contributed by atoms with E-state index in [0.29, 0.717) is 25.4 Å². The number of hydrogen-bond acceptors (Lipinski definition) is 4. The Labute approximate surface area is 143 Å². The van der Waals surface area contributed by atoms with Gasteiger partial charge in [-0.3, -0.25) is 9.59 Å². The van der Waals surface area contributed by atoms with Gasteiger partial charge in [-0.2, -0.15) is 4.31 Å². The molecule has 2 saturated heterocycles. The maximum absolute atomic E-state index is 13.0. The van der Waals surface area contributed by atoms with Crippen LogP contribution in [0.1, 0.15) is 33.1 Å². The summed E-state index contributed by atoms with van der Waals surface area (Å²) in [6.45, 7) is 4.71. The molecule has 2 aliphatic heterocycles. The monoisotopic (exact) mass is 358 g/mol. The third-order valence-corrected chi connectivity index (χ3v) is 7.48. The molecule has 0 aromatic heterocycles. The summed E-state index contributed by atoms with van der Waals surface area (Å²) in [7, 11) is -3.38. The Morgan fingerprint density at radius 1 is 1.17 bits per heavy atom. The summed E-state index contributed by atoms with van der Waals surface area (Å²) in [5.41, 5.74) is 0. The van der Waals surface area contributed by atoms with Crippen LogP contribution in [0, 0.1) is 23.7 Å². The van der Waals surface area contributed by atoms with E-state index in [-0.39, 0.29) is 30.0 Å². The molecule has 1 aliphatic carbocycles. The Bertz CT molecular complexity index is 628. The van der Waals surface area contributed by atoms with Crippen LogP contribution in [-0.4, -0.2) is 66.0 Å².